The van der Waals surface area contributed by atoms with E-state index >= 15 is 0 Å². The molecular weight excluding hydrogens is 206 g/mol. The Kier molecular flexibility index (Phi) is 2.08. The van der Waals surface area contributed by atoms with Gasteiger partial charge in [0.1, 0.15) is 0 Å². The fraction of sp³-hybridized carbons (Fsp3) is 0.875. The van der Waals surface area contributed by atoms with Crippen LogP contribution in [0.5, 0.6) is 0 Å². The zero-order valence-electron chi connectivity index (χ0n) is 7.95. The fourth-order valence-corrected chi connectivity index (χ4v) is 4.69. The summed E-state index contributed by atoms with van der Waals surface area (Å²) >= 11 is 0. The molecule has 0 aliphatic carbocycles. The molecule has 80 valence electrons. The largest absolute Gasteiger partial charge is 0.469 e. The normalized spacial score (nSPS) is 32.5. The minimum atomic E-state index is -2.90. The predicted molar refractivity (Wildman–Crippen MR) is 49.5 cm³/mol. The number of esters is 1. The summed E-state index contributed by atoms with van der Waals surface area (Å²) in [6.45, 7) is 1.13. The van der Waals surface area contributed by atoms with Crippen LogP contribution in [0.1, 0.15) is 0 Å². The maximum Gasteiger partial charge on any atom is 0.310 e. The van der Waals surface area contributed by atoms with Crippen molar-refractivity contribution in [1.29, 1.82) is 0 Å². The lowest BCUT2D eigenvalue weighted by molar-refractivity contribution is -0.147. The highest BCUT2D eigenvalue weighted by Gasteiger charge is 2.58. The third kappa shape index (κ3) is 1.33. The number of carbonyl (C=O) groups is 1. The first kappa shape index (κ1) is 9.92. The van der Waals surface area contributed by atoms with Gasteiger partial charge in [0.15, 0.2) is 9.84 Å². The molecule has 1 N–H and O–H groups in total. The van der Waals surface area contributed by atoms with Crippen molar-refractivity contribution in [3.63, 3.8) is 0 Å². The summed E-state index contributed by atoms with van der Waals surface area (Å²) in [6.07, 6.45) is 0. The SMILES string of the molecule is COC(=O)C1CNCC12CS(=O)(=O)C2. The van der Waals surface area contributed by atoms with Crippen LogP contribution in [-0.2, 0) is 19.4 Å². The Bertz CT molecular complexity index is 350. The summed E-state index contributed by atoms with van der Waals surface area (Å²) in [4.78, 5) is 11.4. The van der Waals surface area contributed by atoms with E-state index in [-0.39, 0.29) is 28.8 Å². The molecule has 0 radical (unpaired) electrons. The monoisotopic (exact) mass is 219 g/mol. The molecule has 2 saturated heterocycles. The van der Waals surface area contributed by atoms with Crippen molar-refractivity contribution in [3.05, 3.63) is 0 Å². The molecule has 2 heterocycles. The molecule has 5 nitrogen and oxygen atoms in total. The van der Waals surface area contributed by atoms with Crippen LogP contribution in [0.25, 0.3) is 0 Å². The predicted octanol–water partition coefficient (Wildman–Crippen LogP) is -1.21. The lowest BCUT2D eigenvalue weighted by Crippen LogP contribution is -2.55. The number of sulfone groups is 1. The lowest BCUT2D eigenvalue weighted by atomic mass is 9.81. The van der Waals surface area contributed by atoms with Gasteiger partial charge in [-0.3, -0.25) is 4.79 Å². The van der Waals surface area contributed by atoms with Crippen molar-refractivity contribution in [3.8, 4) is 0 Å². The van der Waals surface area contributed by atoms with E-state index in [1.54, 1.807) is 0 Å². The van der Waals surface area contributed by atoms with Crippen LogP contribution in [0.15, 0.2) is 0 Å². The molecule has 2 aliphatic heterocycles. The summed E-state index contributed by atoms with van der Waals surface area (Å²) in [6, 6.07) is 0. The zero-order valence-corrected chi connectivity index (χ0v) is 8.76. The van der Waals surface area contributed by atoms with E-state index in [1.165, 1.54) is 7.11 Å². The topological polar surface area (TPSA) is 72.5 Å². The molecule has 0 aromatic carbocycles. The molecule has 0 saturated carbocycles. The maximum atomic E-state index is 11.4. The molecule has 2 fully saturated rings. The van der Waals surface area contributed by atoms with Gasteiger partial charge in [0.2, 0.25) is 0 Å². The van der Waals surface area contributed by atoms with Crippen LogP contribution in [0.2, 0.25) is 0 Å². The van der Waals surface area contributed by atoms with Crippen molar-refractivity contribution < 1.29 is 17.9 Å². The van der Waals surface area contributed by atoms with Crippen LogP contribution >= 0.6 is 0 Å². The fourth-order valence-electron chi connectivity index (χ4n) is 2.42. The van der Waals surface area contributed by atoms with E-state index in [0.717, 1.165) is 0 Å². The molecule has 0 amide bonds. The molecule has 1 spiro atoms. The molecule has 2 aliphatic rings. The average molecular weight is 219 g/mol. The first-order valence-corrected chi connectivity index (χ1v) is 6.30. The van der Waals surface area contributed by atoms with Crippen molar-refractivity contribution in [2.45, 2.75) is 0 Å². The smallest absolute Gasteiger partial charge is 0.310 e. The molecule has 0 aromatic rings. The van der Waals surface area contributed by atoms with Crippen LogP contribution in [0.3, 0.4) is 0 Å². The molecule has 0 aromatic heterocycles. The van der Waals surface area contributed by atoms with Crippen molar-refractivity contribution in [2.75, 3.05) is 31.7 Å². The Morgan fingerprint density at radius 2 is 2.14 bits per heavy atom. The van der Waals surface area contributed by atoms with Crippen molar-refractivity contribution in [1.82, 2.24) is 5.32 Å². The number of hydrogen-bond donors (Lipinski definition) is 1. The number of carbonyl (C=O) groups excluding carboxylic acids is 1. The molecule has 0 bridgehead atoms. The van der Waals surface area contributed by atoms with Crippen LogP contribution in [0, 0.1) is 11.3 Å². The van der Waals surface area contributed by atoms with Gasteiger partial charge in [-0.05, 0) is 0 Å². The van der Waals surface area contributed by atoms with Crippen LogP contribution < -0.4 is 5.32 Å². The summed E-state index contributed by atoms with van der Waals surface area (Å²) in [5.41, 5.74) is -0.383. The summed E-state index contributed by atoms with van der Waals surface area (Å²) in [7, 11) is -1.56. The average Bonchev–Trinajstić information content (AvgIpc) is 2.45. The molecule has 1 atom stereocenters. The van der Waals surface area contributed by atoms with E-state index < -0.39 is 9.84 Å². The molecular formula is C8H13NO4S. The number of rotatable bonds is 1. The zero-order chi connectivity index (χ0) is 10.4. The van der Waals surface area contributed by atoms with Gasteiger partial charge in [0.25, 0.3) is 0 Å². The van der Waals surface area contributed by atoms with Crippen LogP contribution in [0.4, 0.5) is 0 Å². The summed E-state index contributed by atoms with van der Waals surface area (Å²) < 4.78 is 26.9. The van der Waals surface area contributed by atoms with E-state index in [2.05, 4.69) is 10.1 Å². The highest BCUT2D eigenvalue weighted by molar-refractivity contribution is 7.92. The molecule has 6 heteroatoms. The highest BCUT2D eigenvalue weighted by atomic mass is 32.2. The van der Waals surface area contributed by atoms with Crippen molar-refractivity contribution >= 4 is 15.8 Å². The Morgan fingerprint density at radius 3 is 2.64 bits per heavy atom. The van der Waals surface area contributed by atoms with Gasteiger partial charge in [-0.2, -0.15) is 0 Å². The lowest BCUT2D eigenvalue weighted by Gasteiger charge is -2.40. The van der Waals surface area contributed by atoms with Gasteiger partial charge in [0, 0.05) is 18.5 Å². The van der Waals surface area contributed by atoms with E-state index in [4.69, 9.17) is 0 Å². The quantitative estimate of drug-likeness (QED) is 0.560. The van der Waals surface area contributed by atoms with E-state index in [9.17, 15) is 13.2 Å². The van der Waals surface area contributed by atoms with Gasteiger partial charge in [-0.25, -0.2) is 8.42 Å². The summed E-state index contributed by atoms with van der Waals surface area (Å²) in [5, 5.41) is 3.05. The van der Waals surface area contributed by atoms with Gasteiger partial charge in [-0.15, -0.1) is 0 Å². The molecule has 1 unspecified atom stereocenters. The maximum absolute atomic E-state index is 11.4. The first-order valence-electron chi connectivity index (χ1n) is 4.48. The minimum Gasteiger partial charge on any atom is -0.469 e. The Labute approximate surface area is 82.7 Å². The number of ether oxygens (including phenoxy) is 1. The second-order valence-electron chi connectivity index (χ2n) is 4.10. The van der Waals surface area contributed by atoms with Gasteiger partial charge >= 0.3 is 5.97 Å². The third-order valence-electron chi connectivity index (χ3n) is 3.07. The summed E-state index contributed by atoms with van der Waals surface area (Å²) in [5.74, 6) is -0.361. The Morgan fingerprint density at radius 1 is 1.50 bits per heavy atom. The standard InChI is InChI=1S/C8H13NO4S/c1-13-7(10)6-2-9-3-8(6)4-14(11,12)5-8/h6,9H,2-5H2,1H3. The Balaban J connectivity index is 2.17. The second kappa shape index (κ2) is 2.93. The minimum absolute atomic E-state index is 0.118. The number of nitrogens with one attached hydrogen (secondary N) is 1. The number of methoxy groups -OCH3 is 1. The van der Waals surface area contributed by atoms with Gasteiger partial charge < -0.3 is 10.1 Å². The molecule has 14 heavy (non-hydrogen) atoms. The number of hydrogen-bond acceptors (Lipinski definition) is 5. The second-order valence-corrected chi connectivity index (χ2v) is 6.17. The van der Waals surface area contributed by atoms with E-state index in [0.29, 0.717) is 13.1 Å². The van der Waals surface area contributed by atoms with Gasteiger partial charge in [-0.1, -0.05) is 0 Å². The van der Waals surface area contributed by atoms with Gasteiger partial charge in [0.05, 0.1) is 24.5 Å². The Hall–Kier alpha value is -0.620. The van der Waals surface area contributed by atoms with Crippen LogP contribution in [-0.4, -0.2) is 46.1 Å². The van der Waals surface area contributed by atoms with Crippen molar-refractivity contribution in [2.24, 2.45) is 11.3 Å². The first-order chi connectivity index (χ1) is 6.49. The third-order valence-corrected chi connectivity index (χ3v) is 5.09. The highest BCUT2D eigenvalue weighted by Crippen LogP contribution is 2.42. The van der Waals surface area contributed by atoms with E-state index in [1.807, 2.05) is 0 Å². The molecule has 2 rings (SSSR count).